The number of benzene rings is 1. The molecule has 1 saturated heterocycles. The molecule has 0 bridgehead atoms. The van der Waals surface area contributed by atoms with Gasteiger partial charge in [-0.15, -0.1) is 11.8 Å². The van der Waals surface area contributed by atoms with Gasteiger partial charge in [0.15, 0.2) is 6.29 Å². The van der Waals surface area contributed by atoms with E-state index in [-0.39, 0.29) is 5.82 Å². The van der Waals surface area contributed by atoms with E-state index in [0.717, 1.165) is 4.91 Å². The molecule has 5 heteroatoms. The van der Waals surface area contributed by atoms with Crippen molar-refractivity contribution >= 4 is 23.8 Å². The lowest BCUT2D eigenvalue weighted by Gasteiger charge is -2.02. The third kappa shape index (κ3) is 4.50. The molecule has 0 aromatic heterocycles. The molecular formula is C12H12FNO2S. The Morgan fingerprint density at radius 2 is 2.12 bits per heavy atom. The Kier molecular flexibility index (Phi) is 5.59. The minimum absolute atomic E-state index is 0.178. The predicted molar refractivity (Wildman–Crippen MR) is 66.0 cm³/mol. The number of halogens is 1. The second-order valence-electron chi connectivity index (χ2n) is 3.21. The van der Waals surface area contributed by atoms with E-state index in [1.54, 1.807) is 18.2 Å². The van der Waals surface area contributed by atoms with Crippen LogP contribution in [-0.4, -0.2) is 24.0 Å². The van der Waals surface area contributed by atoms with Crippen LogP contribution in [0.3, 0.4) is 0 Å². The first-order chi connectivity index (χ1) is 8.15. The van der Waals surface area contributed by atoms with E-state index in [9.17, 15) is 14.0 Å². The zero-order chi connectivity index (χ0) is 12.7. The second-order valence-corrected chi connectivity index (χ2v) is 4.31. The molecule has 0 spiro atoms. The molecule has 0 radical (unpaired) electrons. The molecule has 0 amide bonds. The first-order valence-corrected chi connectivity index (χ1v) is 5.88. The van der Waals surface area contributed by atoms with E-state index in [0.29, 0.717) is 12.2 Å². The number of carbonyl (C=O) groups is 2. The van der Waals surface area contributed by atoms with E-state index >= 15 is 0 Å². The molecule has 1 unspecified atom stereocenters. The fourth-order valence-corrected chi connectivity index (χ4v) is 1.96. The highest BCUT2D eigenvalue weighted by Crippen LogP contribution is 2.22. The average Bonchev–Trinajstić information content (AvgIpc) is 2.76. The molecule has 2 rings (SSSR count). The van der Waals surface area contributed by atoms with Crippen molar-refractivity contribution < 1.29 is 14.0 Å². The van der Waals surface area contributed by atoms with Crippen LogP contribution >= 0.6 is 11.8 Å². The molecule has 1 heterocycles. The summed E-state index contributed by atoms with van der Waals surface area (Å²) < 4.78 is 11.9. The van der Waals surface area contributed by atoms with Crippen LogP contribution in [0.25, 0.3) is 0 Å². The quantitative estimate of drug-likeness (QED) is 0.644. The van der Waals surface area contributed by atoms with E-state index < -0.39 is 11.8 Å². The normalized spacial score (nSPS) is 18.2. The summed E-state index contributed by atoms with van der Waals surface area (Å²) in [5.41, 5.74) is 0. The topological polar surface area (TPSA) is 46.2 Å². The maximum Gasteiger partial charge on any atom is 0.217 e. The highest BCUT2D eigenvalue weighted by atomic mass is 32.2. The minimum Gasteiger partial charge on any atom is -0.295 e. The van der Waals surface area contributed by atoms with Gasteiger partial charge in [-0.2, -0.15) is 0 Å². The molecule has 17 heavy (non-hydrogen) atoms. The molecular weight excluding hydrogens is 241 g/mol. The number of hydrogen-bond donors (Lipinski definition) is 1. The predicted octanol–water partition coefficient (Wildman–Crippen LogP) is 1.76. The standard InChI is InChI=1S/C6H5F.C6H7NO2S/c7-6-4-2-1-3-5-6;1-4-6(5(9)2-8)7-3-10-4/h1-5H;2,6-7H,1,3H2. The van der Waals surface area contributed by atoms with Gasteiger partial charge in [-0.05, 0) is 12.1 Å². The number of carbonyl (C=O) groups excluding carboxylic acids is 2. The molecule has 3 nitrogen and oxygen atoms in total. The maximum atomic E-state index is 11.9. The van der Waals surface area contributed by atoms with Gasteiger partial charge in [-0.25, -0.2) is 4.39 Å². The zero-order valence-electron chi connectivity index (χ0n) is 9.06. The van der Waals surface area contributed by atoms with Crippen LogP contribution < -0.4 is 5.32 Å². The molecule has 1 N–H and O–H groups in total. The van der Waals surface area contributed by atoms with Gasteiger partial charge >= 0.3 is 0 Å². The van der Waals surface area contributed by atoms with Gasteiger partial charge in [0, 0.05) is 10.8 Å². The average molecular weight is 253 g/mol. The number of ketones is 1. The van der Waals surface area contributed by atoms with E-state index in [2.05, 4.69) is 11.9 Å². The minimum atomic E-state index is -0.442. The molecule has 1 aromatic carbocycles. The number of nitrogens with one attached hydrogen (secondary N) is 1. The van der Waals surface area contributed by atoms with Gasteiger partial charge in [-0.3, -0.25) is 14.9 Å². The number of hydrogen-bond acceptors (Lipinski definition) is 4. The second kappa shape index (κ2) is 6.98. The zero-order valence-corrected chi connectivity index (χ0v) is 9.87. The van der Waals surface area contributed by atoms with Crippen molar-refractivity contribution in [2.45, 2.75) is 6.04 Å². The summed E-state index contributed by atoms with van der Waals surface area (Å²) >= 11 is 1.46. The van der Waals surface area contributed by atoms with Crippen LogP contribution in [0.15, 0.2) is 41.8 Å². The Morgan fingerprint density at radius 3 is 2.47 bits per heavy atom. The highest BCUT2D eigenvalue weighted by Gasteiger charge is 2.25. The molecule has 0 saturated carbocycles. The Hall–Kier alpha value is -1.46. The number of Topliss-reactive ketones (excluding diaryl/α,β-unsaturated/α-hetero) is 1. The SMILES string of the molecule is C=C1SCNC1C(=O)C=O.Fc1ccccc1. The van der Waals surface area contributed by atoms with Crippen LogP contribution in [-0.2, 0) is 9.59 Å². The van der Waals surface area contributed by atoms with Gasteiger partial charge in [0.05, 0.1) is 0 Å². The third-order valence-electron chi connectivity index (χ3n) is 2.00. The summed E-state index contributed by atoms with van der Waals surface area (Å²) in [6.45, 7) is 3.63. The molecule has 1 aliphatic heterocycles. The Morgan fingerprint density at radius 1 is 1.47 bits per heavy atom. The first-order valence-electron chi connectivity index (χ1n) is 4.89. The van der Waals surface area contributed by atoms with Crippen molar-refractivity contribution in [2.75, 3.05) is 5.88 Å². The third-order valence-corrected chi connectivity index (χ3v) is 2.92. The lowest BCUT2D eigenvalue weighted by atomic mass is 10.2. The summed E-state index contributed by atoms with van der Waals surface area (Å²) in [5.74, 6) is 0.0563. The van der Waals surface area contributed by atoms with Crippen molar-refractivity contribution in [1.29, 1.82) is 0 Å². The molecule has 1 aliphatic rings. The Balaban J connectivity index is 0.000000181. The highest BCUT2D eigenvalue weighted by molar-refractivity contribution is 8.03. The molecule has 0 aliphatic carbocycles. The van der Waals surface area contributed by atoms with Crippen LogP contribution in [0, 0.1) is 5.82 Å². The Bertz CT molecular complexity index is 408. The van der Waals surface area contributed by atoms with Crippen molar-refractivity contribution in [3.63, 3.8) is 0 Å². The van der Waals surface area contributed by atoms with Crippen molar-refractivity contribution in [3.05, 3.63) is 47.6 Å². The van der Waals surface area contributed by atoms with E-state index in [1.165, 1.54) is 23.9 Å². The molecule has 90 valence electrons. The van der Waals surface area contributed by atoms with Gasteiger partial charge < -0.3 is 0 Å². The Labute approximate surface area is 103 Å². The lowest BCUT2D eigenvalue weighted by Crippen LogP contribution is -2.32. The largest absolute Gasteiger partial charge is 0.295 e. The number of thioether (sulfide) groups is 1. The molecule has 1 fully saturated rings. The van der Waals surface area contributed by atoms with E-state index in [1.807, 2.05) is 0 Å². The van der Waals surface area contributed by atoms with Gasteiger partial charge in [0.1, 0.15) is 11.9 Å². The summed E-state index contributed by atoms with van der Waals surface area (Å²) in [6, 6.07) is 7.50. The fourth-order valence-electron chi connectivity index (χ4n) is 1.16. The summed E-state index contributed by atoms with van der Waals surface area (Å²) in [4.78, 5) is 21.5. The van der Waals surface area contributed by atoms with Crippen molar-refractivity contribution in [2.24, 2.45) is 0 Å². The van der Waals surface area contributed by atoms with Crippen LogP contribution in [0.5, 0.6) is 0 Å². The van der Waals surface area contributed by atoms with Crippen LogP contribution in [0.1, 0.15) is 0 Å². The summed E-state index contributed by atoms with van der Waals surface area (Å²) in [7, 11) is 0. The van der Waals surface area contributed by atoms with Gasteiger partial charge in [0.2, 0.25) is 5.78 Å². The number of rotatable bonds is 2. The first kappa shape index (κ1) is 13.6. The summed E-state index contributed by atoms with van der Waals surface area (Å²) in [6.07, 6.45) is 0.328. The fraction of sp³-hybridized carbons (Fsp3) is 0.167. The van der Waals surface area contributed by atoms with Crippen molar-refractivity contribution in [3.8, 4) is 0 Å². The summed E-state index contributed by atoms with van der Waals surface area (Å²) in [5, 5.41) is 2.84. The molecule has 1 atom stereocenters. The maximum absolute atomic E-state index is 11.9. The van der Waals surface area contributed by atoms with Gasteiger partial charge in [-0.1, -0.05) is 24.8 Å². The smallest absolute Gasteiger partial charge is 0.217 e. The van der Waals surface area contributed by atoms with Crippen molar-refractivity contribution in [1.82, 2.24) is 5.32 Å². The number of aldehydes is 1. The van der Waals surface area contributed by atoms with E-state index in [4.69, 9.17) is 0 Å². The van der Waals surface area contributed by atoms with Crippen LogP contribution in [0.2, 0.25) is 0 Å². The van der Waals surface area contributed by atoms with Gasteiger partial charge in [0.25, 0.3) is 0 Å². The lowest BCUT2D eigenvalue weighted by molar-refractivity contribution is -0.130. The monoisotopic (exact) mass is 253 g/mol. The van der Waals surface area contributed by atoms with Crippen LogP contribution in [0.4, 0.5) is 4.39 Å². The molecule has 1 aromatic rings.